The van der Waals surface area contributed by atoms with E-state index in [0.29, 0.717) is 6.42 Å². The molecule has 9 heteroatoms. The minimum Gasteiger partial charge on any atom is -0.497 e. The van der Waals surface area contributed by atoms with E-state index < -0.39 is 33.9 Å². The fraction of sp³-hybridized carbons (Fsp3) is 0.500. The number of carbonyl (C=O) groups is 2. The van der Waals surface area contributed by atoms with Crippen LogP contribution >= 0.6 is 11.8 Å². The van der Waals surface area contributed by atoms with Gasteiger partial charge >= 0.3 is 5.97 Å². The number of hydrogen-bond acceptors (Lipinski definition) is 7. The minimum absolute atomic E-state index is 0.0628. The Labute approximate surface area is 151 Å². The minimum atomic E-state index is -3.07. The third-order valence-electron chi connectivity index (χ3n) is 3.67. The number of nitrogens with one attached hydrogen (secondary N) is 1. The highest BCUT2D eigenvalue weighted by molar-refractivity contribution is 8.00. The van der Waals surface area contributed by atoms with Crippen molar-refractivity contribution in [3.63, 3.8) is 0 Å². The fourth-order valence-electron chi connectivity index (χ4n) is 2.33. The molecule has 1 fully saturated rings. The molecule has 0 radical (unpaired) electrons. The second kappa shape index (κ2) is 8.57. The quantitative estimate of drug-likeness (QED) is 0.551. The molecule has 2 rings (SSSR count). The SMILES string of the molecule is COc1ccc(SCC(=O)O[C@H](C)C(=O)N[C@@H]2CCS(=O)(=O)C2)cc1. The maximum atomic E-state index is 12.0. The molecule has 2 atom stereocenters. The molecule has 1 saturated heterocycles. The molecule has 1 amide bonds. The number of esters is 1. The van der Waals surface area contributed by atoms with Gasteiger partial charge in [-0.25, -0.2) is 8.42 Å². The summed E-state index contributed by atoms with van der Waals surface area (Å²) in [4.78, 5) is 24.7. The first kappa shape index (κ1) is 19.6. The highest BCUT2D eigenvalue weighted by Gasteiger charge is 2.30. The highest BCUT2D eigenvalue weighted by atomic mass is 32.2. The molecule has 1 heterocycles. The van der Waals surface area contributed by atoms with E-state index in [0.717, 1.165) is 10.6 Å². The molecule has 0 saturated carbocycles. The van der Waals surface area contributed by atoms with E-state index in [1.54, 1.807) is 19.2 Å². The monoisotopic (exact) mass is 387 g/mol. The number of hydrogen-bond donors (Lipinski definition) is 1. The van der Waals surface area contributed by atoms with Crippen LogP contribution in [-0.4, -0.2) is 56.8 Å². The number of amides is 1. The van der Waals surface area contributed by atoms with Gasteiger partial charge in [0.2, 0.25) is 0 Å². The van der Waals surface area contributed by atoms with Crippen molar-refractivity contribution < 1.29 is 27.5 Å². The zero-order valence-corrected chi connectivity index (χ0v) is 15.7. The van der Waals surface area contributed by atoms with Crippen LogP contribution < -0.4 is 10.1 Å². The van der Waals surface area contributed by atoms with E-state index in [9.17, 15) is 18.0 Å². The van der Waals surface area contributed by atoms with Crippen LogP contribution in [0.25, 0.3) is 0 Å². The summed E-state index contributed by atoms with van der Waals surface area (Å²) in [6.07, 6.45) is -0.575. The summed E-state index contributed by atoms with van der Waals surface area (Å²) in [6.45, 7) is 1.47. The third kappa shape index (κ3) is 6.24. The van der Waals surface area contributed by atoms with Crippen molar-refractivity contribution in [2.24, 2.45) is 0 Å². The van der Waals surface area contributed by atoms with Gasteiger partial charge in [-0.1, -0.05) is 0 Å². The standard InChI is InChI=1S/C16H21NO6S2/c1-11(16(19)17-12-7-8-25(20,21)10-12)23-15(18)9-24-14-5-3-13(22-2)4-6-14/h3-6,11-12H,7-10H2,1-2H3,(H,17,19)/t11-,12-/m1/s1. The first-order chi connectivity index (χ1) is 11.8. The predicted molar refractivity (Wildman–Crippen MR) is 94.5 cm³/mol. The van der Waals surface area contributed by atoms with Crippen LogP contribution in [-0.2, 0) is 24.2 Å². The smallest absolute Gasteiger partial charge is 0.317 e. The Bertz CT molecular complexity index is 717. The van der Waals surface area contributed by atoms with Gasteiger partial charge in [-0.2, -0.15) is 0 Å². The largest absolute Gasteiger partial charge is 0.497 e. The van der Waals surface area contributed by atoms with Crippen molar-refractivity contribution in [1.82, 2.24) is 5.32 Å². The first-order valence-electron chi connectivity index (χ1n) is 7.76. The molecule has 1 aromatic carbocycles. The molecule has 1 aliphatic heterocycles. The molecule has 138 valence electrons. The van der Waals surface area contributed by atoms with Crippen molar-refractivity contribution >= 4 is 33.5 Å². The number of carbonyl (C=O) groups excluding carboxylic acids is 2. The molecular formula is C16H21NO6S2. The Morgan fingerprint density at radius 3 is 2.56 bits per heavy atom. The summed E-state index contributed by atoms with van der Waals surface area (Å²) < 4.78 is 32.9. The lowest BCUT2D eigenvalue weighted by Gasteiger charge is -2.16. The zero-order valence-electron chi connectivity index (χ0n) is 14.1. The molecule has 0 unspecified atom stereocenters. The van der Waals surface area contributed by atoms with E-state index in [1.807, 2.05) is 12.1 Å². The van der Waals surface area contributed by atoms with E-state index in [4.69, 9.17) is 9.47 Å². The highest BCUT2D eigenvalue weighted by Crippen LogP contribution is 2.21. The average molecular weight is 387 g/mol. The Balaban J connectivity index is 1.74. The molecule has 0 aliphatic carbocycles. The lowest BCUT2D eigenvalue weighted by Crippen LogP contribution is -2.42. The average Bonchev–Trinajstić information content (AvgIpc) is 2.91. The number of methoxy groups -OCH3 is 1. The molecule has 25 heavy (non-hydrogen) atoms. The topological polar surface area (TPSA) is 98.8 Å². The Hall–Kier alpha value is -1.74. The summed E-state index contributed by atoms with van der Waals surface area (Å²) >= 11 is 1.29. The second-order valence-electron chi connectivity index (χ2n) is 5.70. The molecule has 0 aromatic heterocycles. The second-order valence-corrected chi connectivity index (χ2v) is 8.98. The van der Waals surface area contributed by atoms with Gasteiger partial charge in [-0.3, -0.25) is 9.59 Å². The van der Waals surface area contributed by atoms with Gasteiger partial charge in [0, 0.05) is 10.9 Å². The number of ether oxygens (including phenoxy) is 2. The Kier molecular flexibility index (Phi) is 6.71. The van der Waals surface area contributed by atoms with E-state index in [1.165, 1.54) is 18.7 Å². The van der Waals surface area contributed by atoms with Gasteiger partial charge < -0.3 is 14.8 Å². The molecule has 1 aromatic rings. The van der Waals surface area contributed by atoms with Crippen molar-refractivity contribution in [3.05, 3.63) is 24.3 Å². The lowest BCUT2D eigenvalue weighted by molar-refractivity contribution is -0.152. The predicted octanol–water partition coefficient (Wildman–Crippen LogP) is 1.02. The van der Waals surface area contributed by atoms with Crippen LogP contribution in [0, 0.1) is 0 Å². The van der Waals surface area contributed by atoms with Crippen LogP contribution in [0.2, 0.25) is 0 Å². The number of thioether (sulfide) groups is 1. The third-order valence-corrected chi connectivity index (χ3v) is 6.43. The molecule has 1 aliphatic rings. The van der Waals surface area contributed by atoms with Crippen molar-refractivity contribution in [1.29, 1.82) is 0 Å². The van der Waals surface area contributed by atoms with E-state index >= 15 is 0 Å². The van der Waals surface area contributed by atoms with Gasteiger partial charge in [0.25, 0.3) is 5.91 Å². The summed E-state index contributed by atoms with van der Waals surface area (Å²) in [7, 11) is -1.49. The van der Waals surface area contributed by atoms with Crippen molar-refractivity contribution in [3.8, 4) is 5.75 Å². The van der Waals surface area contributed by atoms with Gasteiger partial charge in [0.05, 0.1) is 24.4 Å². The lowest BCUT2D eigenvalue weighted by atomic mass is 10.2. The van der Waals surface area contributed by atoms with Gasteiger partial charge in [0.1, 0.15) is 5.75 Å². The molecular weight excluding hydrogens is 366 g/mol. The maximum Gasteiger partial charge on any atom is 0.317 e. The Morgan fingerprint density at radius 1 is 1.32 bits per heavy atom. The summed E-state index contributed by atoms with van der Waals surface area (Å²) in [6, 6.07) is 6.83. The maximum absolute atomic E-state index is 12.0. The number of benzene rings is 1. The van der Waals surface area contributed by atoms with Gasteiger partial charge in [-0.15, -0.1) is 11.8 Å². The van der Waals surface area contributed by atoms with Crippen LogP contribution in [0.3, 0.4) is 0 Å². The van der Waals surface area contributed by atoms with Crippen molar-refractivity contribution in [2.45, 2.75) is 30.4 Å². The normalized spacial score (nSPS) is 19.8. The van der Waals surface area contributed by atoms with E-state index in [2.05, 4.69) is 5.32 Å². The van der Waals surface area contributed by atoms with Crippen LogP contribution in [0.5, 0.6) is 5.75 Å². The van der Waals surface area contributed by atoms with Crippen LogP contribution in [0.15, 0.2) is 29.2 Å². The summed E-state index contributed by atoms with van der Waals surface area (Å²) in [5.74, 6) is -0.183. The van der Waals surface area contributed by atoms with Gasteiger partial charge in [0.15, 0.2) is 15.9 Å². The van der Waals surface area contributed by atoms with Crippen LogP contribution in [0.4, 0.5) is 0 Å². The van der Waals surface area contributed by atoms with E-state index in [-0.39, 0.29) is 17.3 Å². The first-order valence-corrected chi connectivity index (χ1v) is 10.6. The summed E-state index contributed by atoms with van der Waals surface area (Å²) in [5.41, 5.74) is 0. The zero-order chi connectivity index (χ0) is 18.4. The van der Waals surface area contributed by atoms with Gasteiger partial charge in [-0.05, 0) is 37.6 Å². The number of rotatable bonds is 7. The van der Waals surface area contributed by atoms with Crippen molar-refractivity contribution in [2.75, 3.05) is 24.4 Å². The summed E-state index contributed by atoms with van der Waals surface area (Å²) in [5, 5.41) is 2.61. The molecule has 0 spiro atoms. The fourth-order valence-corrected chi connectivity index (χ4v) is 4.68. The molecule has 7 nitrogen and oxygen atoms in total. The Morgan fingerprint density at radius 2 is 2.00 bits per heavy atom. The molecule has 0 bridgehead atoms. The number of sulfone groups is 1. The van der Waals surface area contributed by atoms with Crippen LogP contribution in [0.1, 0.15) is 13.3 Å². The molecule has 1 N–H and O–H groups in total.